The molecule has 0 unspecified atom stereocenters. The third-order valence-corrected chi connectivity index (χ3v) is 14.8. The summed E-state index contributed by atoms with van der Waals surface area (Å²) in [6.45, 7) is 11.3. The van der Waals surface area contributed by atoms with Crippen molar-refractivity contribution < 1.29 is 23.2 Å². The van der Waals surface area contributed by atoms with Gasteiger partial charge in [0.2, 0.25) is 11.8 Å². The smallest absolute Gasteiger partial charge is 0.260 e. The molecule has 0 spiro atoms. The summed E-state index contributed by atoms with van der Waals surface area (Å²) in [6, 6.07) is 13.7. The molecule has 16 heteroatoms. The first-order chi connectivity index (χ1) is 32.4. The lowest BCUT2D eigenvalue weighted by Gasteiger charge is -2.39. The largest absolute Gasteiger partial charge is 0.384 e. The lowest BCUT2D eigenvalue weighted by Crippen LogP contribution is -2.49. The molecule has 0 radical (unpaired) electrons. The van der Waals surface area contributed by atoms with Gasteiger partial charge in [-0.25, -0.2) is 13.8 Å². The van der Waals surface area contributed by atoms with E-state index in [9.17, 15) is 19.2 Å². The van der Waals surface area contributed by atoms with E-state index in [1.165, 1.54) is 12.1 Å². The van der Waals surface area contributed by atoms with Gasteiger partial charge in [-0.1, -0.05) is 6.08 Å². The first kappa shape index (κ1) is 44.4. The van der Waals surface area contributed by atoms with Crippen LogP contribution in [0.5, 0.6) is 0 Å². The predicted octanol–water partition coefficient (Wildman–Crippen LogP) is 6.02. The fraction of sp³-hybridized carbons (Fsp3) is 0.431. The zero-order valence-electron chi connectivity index (χ0n) is 38.4. The molecule has 3 N–H and O–H groups in total. The summed E-state index contributed by atoms with van der Waals surface area (Å²) >= 11 is 0. The molecule has 2 atom stereocenters. The molecule has 3 saturated heterocycles. The third kappa shape index (κ3) is 8.72. The molecule has 0 bridgehead atoms. The summed E-state index contributed by atoms with van der Waals surface area (Å²) in [5.74, 6) is -1.11. The molecule has 14 nitrogen and oxygen atoms in total. The molecule has 5 aliphatic heterocycles. The Kier molecular flexibility index (Phi) is 12.2. The van der Waals surface area contributed by atoms with Gasteiger partial charge in [0, 0.05) is 136 Å². The number of nitrogens with zero attached hydrogens (tertiary/aromatic N) is 7. The number of halogens is 2. The van der Waals surface area contributed by atoms with E-state index in [4.69, 9.17) is 4.98 Å². The van der Waals surface area contributed by atoms with E-state index < -0.39 is 11.9 Å². The van der Waals surface area contributed by atoms with Crippen molar-refractivity contribution in [1.82, 2.24) is 34.1 Å². The lowest BCUT2D eigenvalue weighted by atomic mass is 9.92. The molecule has 3 aromatic heterocycles. The maximum Gasteiger partial charge on any atom is 0.260 e. The van der Waals surface area contributed by atoms with E-state index in [1.807, 2.05) is 43.3 Å². The number of benzene rings is 2. The number of anilines is 3. The van der Waals surface area contributed by atoms with E-state index in [0.29, 0.717) is 80.4 Å². The van der Waals surface area contributed by atoms with Crippen molar-refractivity contribution in [3.8, 4) is 5.69 Å². The molecule has 3 fully saturated rings. The van der Waals surface area contributed by atoms with Gasteiger partial charge in [0.25, 0.3) is 11.5 Å². The van der Waals surface area contributed by atoms with Crippen LogP contribution in [0.15, 0.2) is 71.8 Å². The Morgan fingerprint density at radius 1 is 0.896 bits per heavy atom. The van der Waals surface area contributed by atoms with Crippen LogP contribution in [0.25, 0.3) is 22.3 Å². The SMILES string of the molecule is Cc1cc(C(=O)N2CCC(CN3CCN(c4ccc(N[C@H]5CCC(=O)NC5=O)cc4F)CC3)CC2)cc(F)c1C1=CCN([C@@H](C)c2cc3c(-n4ccc5c(c4=O)CCN5)ccnc3n2C)CC1. The van der Waals surface area contributed by atoms with Crippen LogP contribution in [0.3, 0.4) is 0 Å². The van der Waals surface area contributed by atoms with Crippen LogP contribution in [0.2, 0.25) is 0 Å². The first-order valence-corrected chi connectivity index (χ1v) is 23.7. The molecule has 10 rings (SSSR count). The normalized spacial score (nSPS) is 20.1. The lowest BCUT2D eigenvalue weighted by molar-refractivity contribution is -0.133. The number of hydrogen-bond acceptors (Lipinski definition) is 10. The minimum Gasteiger partial charge on any atom is -0.384 e. The van der Waals surface area contributed by atoms with E-state index in [1.54, 1.807) is 22.9 Å². The van der Waals surface area contributed by atoms with Crippen molar-refractivity contribution in [2.24, 2.45) is 13.0 Å². The molecule has 350 valence electrons. The van der Waals surface area contributed by atoms with Crippen LogP contribution in [0, 0.1) is 24.5 Å². The highest BCUT2D eigenvalue weighted by Crippen LogP contribution is 2.35. The molecule has 5 aromatic rings. The third-order valence-electron chi connectivity index (χ3n) is 14.8. The number of amides is 3. The number of aromatic nitrogens is 3. The van der Waals surface area contributed by atoms with E-state index in [-0.39, 0.29) is 41.5 Å². The van der Waals surface area contributed by atoms with E-state index >= 15 is 8.78 Å². The fourth-order valence-electron chi connectivity index (χ4n) is 11.0. The number of carbonyl (C=O) groups is 3. The van der Waals surface area contributed by atoms with Crippen LogP contribution in [0.4, 0.5) is 25.8 Å². The minimum atomic E-state index is -0.571. The van der Waals surface area contributed by atoms with Gasteiger partial charge in [0.1, 0.15) is 23.3 Å². The second-order valence-corrected chi connectivity index (χ2v) is 18.9. The van der Waals surface area contributed by atoms with Gasteiger partial charge < -0.3 is 25.0 Å². The number of piperidine rings is 2. The van der Waals surface area contributed by atoms with Gasteiger partial charge >= 0.3 is 0 Å². The zero-order valence-corrected chi connectivity index (χ0v) is 38.4. The predicted molar refractivity (Wildman–Crippen MR) is 256 cm³/mol. The number of aryl methyl sites for hydroxylation is 2. The van der Waals surface area contributed by atoms with E-state index in [0.717, 1.165) is 90.4 Å². The second kappa shape index (κ2) is 18.4. The average molecular weight is 913 g/mol. The first-order valence-electron chi connectivity index (χ1n) is 23.7. The number of carbonyl (C=O) groups excluding carboxylic acids is 3. The van der Waals surface area contributed by atoms with Crippen molar-refractivity contribution >= 4 is 51.4 Å². The highest BCUT2D eigenvalue weighted by molar-refractivity contribution is 6.01. The number of hydrogen-bond donors (Lipinski definition) is 3. The molecule has 0 saturated carbocycles. The van der Waals surface area contributed by atoms with Crippen LogP contribution >= 0.6 is 0 Å². The molecule has 5 aliphatic rings. The molecule has 2 aromatic carbocycles. The number of nitrogens with one attached hydrogen (secondary N) is 3. The number of piperazine rings is 1. The van der Waals surface area contributed by atoms with Crippen LogP contribution in [0.1, 0.15) is 77.8 Å². The quantitative estimate of drug-likeness (QED) is 0.143. The highest BCUT2D eigenvalue weighted by atomic mass is 19.1. The maximum atomic E-state index is 16.1. The van der Waals surface area contributed by atoms with Crippen LogP contribution in [-0.4, -0.2) is 118 Å². The van der Waals surface area contributed by atoms with Gasteiger partial charge in [-0.3, -0.25) is 38.9 Å². The Balaban J connectivity index is 0.716. The summed E-state index contributed by atoms with van der Waals surface area (Å²) in [5, 5.41) is 9.58. The molecule has 67 heavy (non-hydrogen) atoms. The van der Waals surface area contributed by atoms with Crippen molar-refractivity contribution in [1.29, 1.82) is 0 Å². The van der Waals surface area contributed by atoms with Crippen LogP contribution in [-0.2, 0) is 23.1 Å². The van der Waals surface area contributed by atoms with Gasteiger partial charge in [0.05, 0.1) is 11.4 Å². The van der Waals surface area contributed by atoms with Gasteiger partial charge in [-0.05, 0) is 112 Å². The Morgan fingerprint density at radius 3 is 2.43 bits per heavy atom. The number of fused-ring (bicyclic) bond motifs is 2. The number of rotatable bonds is 10. The molecule has 8 heterocycles. The van der Waals surface area contributed by atoms with E-state index in [2.05, 4.69) is 54.3 Å². The average Bonchev–Trinajstić information content (AvgIpc) is 3.95. The topological polar surface area (TPSA) is 140 Å². The van der Waals surface area contributed by atoms with Crippen molar-refractivity contribution in [2.75, 3.05) is 81.0 Å². The van der Waals surface area contributed by atoms with Gasteiger partial charge in [-0.2, -0.15) is 0 Å². The fourth-order valence-corrected chi connectivity index (χ4v) is 11.0. The monoisotopic (exact) mass is 912 g/mol. The van der Waals surface area contributed by atoms with Gasteiger partial charge in [0.15, 0.2) is 0 Å². The second-order valence-electron chi connectivity index (χ2n) is 18.9. The molecular formula is C51H58F2N10O4. The summed E-state index contributed by atoms with van der Waals surface area (Å²) in [4.78, 5) is 64.3. The Labute approximate surface area is 388 Å². The maximum absolute atomic E-state index is 16.1. The van der Waals surface area contributed by atoms with Crippen molar-refractivity contribution in [2.45, 2.75) is 64.5 Å². The van der Waals surface area contributed by atoms with Crippen LogP contribution < -0.4 is 26.4 Å². The summed E-state index contributed by atoms with van der Waals surface area (Å²) in [7, 11) is 2.01. The standard InChI is InChI=1S/C51H58F2N10O4/c1-31-26-35(50(66)62-17-10-33(11-18-62)30-59-22-24-61(25-23-59)44-6-4-36(28-39(44)52)56-42-5-7-46(64)57-49(42)65)27-40(53)47(31)34-12-19-60(20-13-34)32(2)45-29-38-43(9-16-55-48(38)58(45)3)63-21-14-41-37(51(63)67)8-15-54-41/h4,6,9,12,14,16,21,26-29,32-33,42,54,56H,5,7-8,10-11,13,15,17-20,22-25,30H2,1-3H3,(H,57,64,65)/t32-,42-/m0/s1. The highest BCUT2D eigenvalue weighted by Gasteiger charge is 2.31. The number of pyridine rings is 2. The number of imide groups is 1. The summed E-state index contributed by atoms with van der Waals surface area (Å²) < 4.78 is 35.2. The Morgan fingerprint density at radius 2 is 1.70 bits per heavy atom. The Bertz CT molecular complexity index is 2830. The van der Waals surface area contributed by atoms with Crippen molar-refractivity contribution in [3.63, 3.8) is 0 Å². The zero-order chi connectivity index (χ0) is 46.5. The molecule has 3 amide bonds. The van der Waals surface area contributed by atoms with Crippen molar-refractivity contribution in [3.05, 3.63) is 117 Å². The minimum absolute atomic E-state index is 0.00632. The summed E-state index contributed by atoms with van der Waals surface area (Å²) in [6.07, 6.45) is 9.44. The Hall–Kier alpha value is -6.39. The van der Waals surface area contributed by atoms with Gasteiger partial charge in [-0.15, -0.1) is 0 Å². The molecule has 0 aliphatic carbocycles. The molecular weight excluding hydrogens is 855 g/mol. The summed E-state index contributed by atoms with van der Waals surface area (Å²) in [5.41, 5.74) is 8.12. The number of likely N-dealkylation sites (tertiary alicyclic amines) is 1.